The van der Waals surface area contributed by atoms with Crippen LogP contribution >= 0.6 is 11.6 Å². The number of pyridine rings is 1. The number of nitrogens with zero attached hydrogens (tertiary/aromatic N) is 2. The molecule has 0 aliphatic carbocycles. The minimum absolute atomic E-state index is 0.0903. The molecule has 1 aliphatic heterocycles. The third kappa shape index (κ3) is 3.00. The van der Waals surface area contributed by atoms with Crippen molar-refractivity contribution in [2.75, 3.05) is 37.0 Å². The minimum atomic E-state index is -0.789. The standard InChI is InChI=1S/C11H14ClN3O2S/c1-13-10-7-8(6-9(12)14-10)11(16)15-2-4-18(17)5-3-15/h6-7H,2-5H2,1H3,(H,13,14). The maximum Gasteiger partial charge on any atom is 0.254 e. The predicted molar refractivity (Wildman–Crippen MR) is 72.6 cm³/mol. The van der Waals surface area contributed by atoms with Gasteiger partial charge in [-0.3, -0.25) is 9.00 Å². The highest BCUT2D eigenvalue weighted by Crippen LogP contribution is 2.16. The van der Waals surface area contributed by atoms with Crippen molar-refractivity contribution in [1.82, 2.24) is 9.88 Å². The van der Waals surface area contributed by atoms with Gasteiger partial charge in [0.05, 0.1) is 0 Å². The zero-order valence-electron chi connectivity index (χ0n) is 9.98. The zero-order valence-corrected chi connectivity index (χ0v) is 11.6. The molecule has 0 saturated carbocycles. The van der Waals surface area contributed by atoms with E-state index in [0.29, 0.717) is 36.0 Å². The van der Waals surface area contributed by atoms with Crippen molar-refractivity contribution < 1.29 is 9.00 Å². The fourth-order valence-corrected chi connectivity index (χ4v) is 3.03. The monoisotopic (exact) mass is 287 g/mol. The summed E-state index contributed by atoms with van der Waals surface area (Å²) in [5.74, 6) is 1.56. The molecule has 1 N–H and O–H groups in total. The van der Waals surface area contributed by atoms with Gasteiger partial charge in [0.1, 0.15) is 11.0 Å². The Labute approximate surface area is 113 Å². The summed E-state index contributed by atoms with van der Waals surface area (Å²) in [4.78, 5) is 18.0. The fourth-order valence-electron chi connectivity index (χ4n) is 1.77. The lowest BCUT2D eigenvalue weighted by Gasteiger charge is -2.26. The second-order valence-corrected chi connectivity index (χ2v) is 6.04. The summed E-state index contributed by atoms with van der Waals surface area (Å²) in [6.07, 6.45) is 0. The van der Waals surface area contributed by atoms with Gasteiger partial charge in [-0.2, -0.15) is 0 Å². The summed E-state index contributed by atoms with van der Waals surface area (Å²) in [5.41, 5.74) is 0.507. The molecule has 1 aromatic rings. The molecular weight excluding hydrogens is 274 g/mol. The number of hydrogen-bond acceptors (Lipinski definition) is 4. The average Bonchev–Trinajstić information content (AvgIpc) is 2.38. The molecule has 0 aromatic carbocycles. The Morgan fingerprint density at radius 3 is 2.72 bits per heavy atom. The predicted octanol–water partition coefficient (Wildman–Crippen LogP) is 0.981. The van der Waals surface area contributed by atoms with Crippen LogP contribution in [0.4, 0.5) is 5.82 Å². The molecule has 18 heavy (non-hydrogen) atoms. The van der Waals surface area contributed by atoms with Gasteiger partial charge in [0.25, 0.3) is 5.91 Å². The van der Waals surface area contributed by atoms with Gasteiger partial charge < -0.3 is 10.2 Å². The molecule has 1 aromatic heterocycles. The van der Waals surface area contributed by atoms with E-state index >= 15 is 0 Å². The van der Waals surface area contributed by atoms with Crippen LogP contribution in [0.15, 0.2) is 12.1 Å². The van der Waals surface area contributed by atoms with E-state index in [4.69, 9.17) is 11.6 Å². The Morgan fingerprint density at radius 2 is 2.11 bits per heavy atom. The maximum atomic E-state index is 12.2. The van der Waals surface area contributed by atoms with Crippen molar-refractivity contribution >= 4 is 34.1 Å². The average molecular weight is 288 g/mol. The number of carbonyl (C=O) groups excluding carboxylic acids is 1. The first-order chi connectivity index (χ1) is 8.60. The molecule has 1 amide bonds. The summed E-state index contributed by atoms with van der Waals surface area (Å²) in [6.45, 7) is 1.06. The largest absolute Gasteiger partial charge is 0.373 e. The second-order valence-electron chi connectivity index (χ2n) is 3.95. The lowest BCUT2D eigenvalue weighted by molar-refractivity contribution is 0.0771. The Bertz CT molecular complexity index is 485. The van der Waals surface area contributed by atoms with Crippen LogP contribution in [0.3, 0.4) is 0 Å². The van der Waals surface area contributed by atoms with Gasteiger partial charge in [-0.15, -0.1) is 0 Å². The summed E-state index contributed by atoms with van der Waals surface area (Å²) in [7, 11) is 0.930. The normalized spacial score (nSPS) is 16.7. The number of rotatable bonds is 2. The number of carbonyl (C=O) groups is 1. The summed E-state index contributed by atoms with van der Waals surface area (Å²) < 4.78 is 11.3. The molecule has 1 saturated heterocycles. The van der Waals surface area contributed by atoms with Crippen molar-refractivity contribution in [3.8, 4) is 0 Å². The van der Waals surface area contributed by atoms with Crippen LogP contribution in [0.25, 0.3) is 0 Å². The first-order valence-electron chi connectivity index (χ1n) is 5.60. The van der Waals surface area contributed by atoms with Gasteiger partial charge in [-0.25, -0.2) is 4.98 Å². The lowest BCUT2D eigenvalue weighted by Crippen LogP contribution is -2.41. The third-order valence-electron chi connectivity index (χ3n) is 2.76. The quantitative estimate of drug-likeness (QED) is 0.824. The van der Waals surface area contributed by atoms with Crippen molar-refractivity contribution in [2.24, 2.45) is 0 Å². The van der Waals surface area contributed by atoms with E-state index in [-0.39, 0.29) is 11.1 Å². The Morgan fingerprint density at radius 1 is 1.44 bits per heavy atom. The van der Waals surface area contributed by atoms with Crippen LogP contribution in [0.5, 0.6) is 0 Å². The topological polar surface area (TPSA) is 62.3 Å². The minimum Gasteiger partial charge on any atom is -0.373 e. The molecule has 5 nitrogen and oxygen atoms in total. The van der Waals surface area contributed by atoms with Crippen LogP contribution in [0.2, 0.25) is 5.15 Å². The van der Waals surface area contributed by atoms with E-state index < -0.39 is 10.8 Å². The van der Waals surface area contributed by atoms with E-state index in [9.17, 15) is 9.00 Å². The number of halogens is 1. The number of anilines is 1. The fraction of sp³-hybridized carbons (Fsp3) is 0.455. The van der Waals surface area contributed by atoms with Gasteiger partial charge in [0, 0.05) is 48.0 Å². The van der Waals surface area contributed by atoms with Crippen molar-refractivity contribution in [2.45, 2.75) is 0 Å². The highest BCUT2D eigenvalue weighted by Gasteiger charge is 2.21. The van der Waals surface area contributed by atoms with Crippen LogP contribution in [-0.4, -0.2) is 51.6 Å². The summed E-state index contributed by atoms with van der Waals surface area (Å²) in [6, 6.07) is 3.22. The molecule has 1 fully saturated rings. The van der Waals surface area contributed by atoms with Crippen molar-refractivity contribution in [3.05, 3.63) is 22.8 Å². The van der Waals surface area contributed by atoms with Gasteiger partial charge in [-0.1, -0.05) is 11.6 Å². The molecule has 0 bridgehead atoms. The molecule has 98 valence electrons. The highest BCUT2D eigenvalue weighted by molar-refractivity contribution is 7.85. The first kappa shape index (κ1) is 13.3. The Hall–Kier alpha value is -1.14. The molecule has 2 rings (SSSR count). The van der Waals surface area contributed by atoms with Gasteiger partial charge in [0.15, 0.2) is 0 Å². The Kier molecular flexibility index (Phi) is 4.19. The number of aromatic nitrogens is 1. The zero-order chi connectivity index (χ0) is 13.1. The van der Waals surface area contributed by atoms with E-state index in [1.54, 1.807) is 24.1 Å². The molecule has 7 heteroatoms. The van der Waals surface area contributed by atoms with Crippen molar-refractivity contribution in [3.63, 3.8) is 0 Å². The van der Waals surface area contributed by atoms with Gasteiger partial charge in [-0.05, 0) is 12.1 Å². The highest BCUT2D eigenvalue weighted by atomic mass is 35.5. The Balaban J connectivity index is 2.18. The smallest absolute Gasteiger partial charge is 0.254 e. The molecule has 0 spiro atoms. The van der Waals surface area contributed by atoms with E-state index in [0.717, 1.165) is 0 Å². The van der Waals surface area contributed by atoms with Gasteiger partial charge in [0.2, 0.25) is 0 Å². The van der Waals surface area contributed by atoms with E-state index in [1.807, 2.05) is 0 Å². The molecule has 0 atom stereocenters. The van der Waals surface area contributed by atoms with Crippen LogP contribution < -0.4 is 5.32 Å². The van der Waals surface area contributed by atoms with Gasteiger partial charge >= 0.3 is 0 Å². The summed E-state index contributed by atoms with van der Waals surface area (Å²) in [5, 5.41) is 3.14. The maximum absolute atomic E-state index is 12.2. The molecule has 0 unspecified atom stereocenters. The summed E-state index contributed by atoms with van der Waals surface area (Å²) >= 11 is 5.86. The number of hydrogen-bond donors (Lipinski definition) is 1. The first-order valence-corrected chi connectivity index (χ1v) is 7.46. The molecule has 1 aliphatic rings. The van der Waals surface area contributed by atoms with E-state index in [2.05, 4.69) is 10.3 Å². The number of nitrogens with one attached hydrogen (secondary N) is 1. The molecular formula is C11H14ClN3O2S. The van der Waals surface area contributed by atoms with E-state index in [1.165, 1.54) is 0 Å². The van der Waals surface area contributed by atoms with Crippen LogP contribution in [0, 0.1) is 0 Å². The van der Waals surface area contributed by atoms with Crippen LogP contribution in [-0.2, 0) is 10.8 Å². The SMILES string of the molecule is CNc1cc(C(=O)N2CCS(=O)CC2)cc(Cl)n1. The third-order valence-corrected chi connectivity index (χ3v) is 4.23. The molecule has 0 radical (unpaired) electrons. The lowest BCUT2D eigenvalue weighted by atomic mass is 10.2. The number of amides is 1. The molecule has 2 heterocycles. The second kappa shape index (κ2) is 5.67. The van der Waals surface area contributed by atoms with Crippen LogP contribution in [0.1, 0.15) is 10.4 Å². The van der Waals surface area contributed by atoms with Crippen molar-refractivity contribution in [1.29, 1.82) is 0 Å².